The van der Waals surface area contributed by atoms with Crippen LogP contribution in [0.1, 0.15) is 374 Å². The average molecular weight is 1020 g/mol. The van der Waals surface area contributed by atoms with Crippen molar-refractivity contribution in [3.05, 3.63) is 12.2 Å². The summed E-state index contributed by atoms with van der Waals surface area (Å²) in [5, 5.41) is 0. The van der Waals surface area contributed by atoms with Crippen LogP contribution in [0.3, 0.4) is 0 Å². The van der Waals surface area contributed by atoms with E-state index in [0.717, 1.165) is 57.8 Å². The predicted molar refractivity (Wildman–Crippen MR) is 312 cm³/mol. The summed E-state index contributed by atoms with van der Waals surface area (Å²) in [5.41, 5.74) is 0. The molecule has 0 saturated heterocycles. The molecule has 0 heterocycles. The van der Waals surface area contributed by atoms with Gasteiger partial charge in [0, 0.05) is 19.3 Å². The van der Waals surface area contributed by atoms with Crippen molar-refractivity contribution in [2.45, 2.75) is 380 Å². The Kier molecular flexibility index (Phi) is 60.1. The molecule has 0 amide bonds. The number of carbonyl (C=O) groups is 3. The van der Waals surface area contributed by atoms with E-state index in [9.17, 15) is 14.4 Å². The minimum atomic E-state index is -0.767. The molecule has 0 saturated carbocycles. The summed E-state index contributed by atoms with van der Waals surface area (Å²) >= 11 is 0. The first-order valence-corrected chi connectivity index (χ1v) is 32.7. The lowest BCUT2D eigenvalue weighted by molar-refractivity contribution is -0.167. The van der Waals surface area contributed by atoms with E-state index >= 15 is 0 Å². The van der Waals surface area contributed by atoms with Gasteiger partial charge in [0.25, 0.3) is 0 Å². The normalized spacial score (nSPS) is 12.0. The molecule has 0 rings (SSSR count). The maximum atomic E-state index is 12.9. The van der Waals surface area contributed by atoms with Crippen molar-refractivity contribution in [1.82, 2.24) is 0 Å². The Labute approximate surface area is 450 Å². The van der Waals surface area contributed by atoms with Gasteiger partial charge in [-0.25, -0.2) is 0 Å². The van der Waals surface area contributed by atoms with Gasteiger partial charge in [-0.2, -0.15) is 0 Å². The zero-order valence-corrected chi connectivity index (χ0v) is 49.0. The number of hydrogen-bond acceptors (Lipinski definition) is 6. The van der Waals surface area contributed by atoms with E-state index < -0.39 is 6.10 Å². The van der Waals surface area contributed by atoms with Crippen LogP contribution in [0.15, 0.2) is 12.2 Å². The van der Waals surface area contributed by atoms with Crippen molar-refractivity contribution in [2.75, 3.05) is 13.2 Å². The zero-order chi connectivity index (χ0) is 52.2. The second-order valence-electron chi connectivity index (χ2n) is 22.4. The van der Waals surface area contributed by atoms with Gasteiger partial charge >= 0.3 is 17.9 Å². The molecule has 0 N–H and O–H groups in total. The summed E-state index contributed by atoms with van der Waals surface area (Å²) in [6.07, 6.45) is 72.1. The summed E-state index contributed by atoms with van der Waals surface area (Å²) in [4.78, 5) is 38.3. The third-order valence-electron chi connectivity index (χ3n) is 15.0. The smallest absolute Gasteiger partial charge is 0.306 e. The second kappa shape index (κ2) is 61.7. The summed E-state index contributed by atoms with van der Waals surface area (Å²) in [5.74, 6) is -0.836. The van der Waals surface area contributed by atoms with Crippen LogP contribution >= 0.6 is 0 Å². The van der Waals surface area contributed by atoms with Crippen LogP contribution in [-0.2, 0) is 28.6 Å². The van der Waals surface area contributed by atoms with E-state index in [0.29, 0.717) is 19.3 Å². The Bertz CT molecular complexity index is 1120. The van der Waals surface area contributed by atoms with Gasteiger partial charge in [0.1, 0.15) is 13.2 Å². The van der Waals surface area contributed by atoms with Crippen LogP contribution in [0.2, 0.25) is 0 Å². The van der Waals surface area contributed by atoms with Gasteiger partial charge in [-0.1, -0.05) is 322 Å². The third kappa shape index (κ3) is 59.0. The fourth-order valence-corrected chi connectivity index (χ4v) is 10.1. The molecular weight excluding hydrogens is 889 g/mol. The van der Waals surface area contributed by atoms with Crippen LogP contribution < -0.4 is 0 Å². The standard InChI is InChI=1S/C66H126O6/c1-4-7-10-13-16-19-22-25-28-31-33-36-38-41-44-47-50-53-56-59-65(68)71-62-63(61-70-64(67)58-55-52-49-46-43-40-37-34-30-27-24-21-18-15-12-9-6-3)72-66(69)60-57-54-51-48-45-42-39-35-32-29-26-23-20-17-14-11-8-5-2/h27,30,63H,4-26,28-29,31-62H2,1-3H3/b30-27-. The van der Waals surface area contributed by atoms with E-state index in [1.54, 1.807) is 0 Å². The molecule has 1 unspecified atom stereocenters. The van der Waals surface area contributed by atoms with Gasteiger partial charge in [-0.05, 0) is 44.9 Å². The molecule has 426 valence electrons. The maximum absolute atomic E-state index is 12.9. The molecule has 0 aliphatic rings. The molecule has 1 atom stereocenters. The van der Waals surface area contributed by atoms with Crippen LogP contribution in [0.25, 0.3) is 0 Å². The molecule has 0 aliphatic heterocycles. The molecule has 0 fully saturated rings. The van der Waals surface area contributed by atoms with Crippen molar-refractivity contribution in [2.24, 2.45) is 0 Å². The fraction of sp³-hybridized carbons (Fsp3) is 0.924. The third-order valence-corrected chi connectivity index (χ3v) is 15.0. The lowest BCUT2D eigenvalue weighted by Crippen LogP contribution is -2.30. The predicted octanol–water partition coefficient (Wildman–Crippen LogP) is 22.1. The van der Waals surface area contributed by atoms with Gasteiger partial charge < -0.3 is 14.2 Å². The SMILES string of the molecule is CCCCCCCC/C=C\CCCCCCCCCC(=O)OCC(COC(=O)CCCCCCCCCCCCCCCCCCCCC)OC(=O)CCCCCCCCCCCCCCCCCCCC. The molecule has 0 aliphatic carbocycles. The van der Waals surface area contributed by atoms with Crippen molar-refractivity contribution < 1.29 is 28.6 Å². The molecular formula is C66H126O6. The van der Waals surface area contributed by atoms with Crippen molar-refractivity contribution in [3.8, 4) is 0 Å². The Morgan fingerprint density at radius 1 is 0.264 bits per heavy atom. The number of allylic oxidation sites excluding steroid dienone is 2. The van der Waals surface area contributed by atoms with Crippen LogP contribution in [0.4, 0.5) is 0 Å². The molecule has 0 spiro atoms. The number of unbranched alkanes of at least 4 members (excludes halogenated alkanes) is 48. The zero-order valence-electron chi connectivity index (χ0n) is 49.0. The highest BCUT2D eigenvalue weighted by atomic mass is 16.6. The number of ether oxygens (including phenoxy) is 3. The summed E-state index contributed by atoms with van der Waals surface area (Å²) in [6, 6.07) is 0. The lowest BCUT2D eigenvalue weighted by atomic mass is 10.0. The quantitative estimate of drug-likeness (QED) is 0.0261. The van der Waals surface area contributed by atoms with Crippen LogP contribution in [-0.4, -0.2) is 37.2 Å². The van der Waals surface area contributed by atoms with Crippen LogP contribution in [0, 0.1) is 0 Å². The van der Waals surface area contributed by atoms with Crippen molar-refractivity contribution in [1.29, 1.82) is 0 Å². The van der Waals surface area contributed by atoms with E-state index in [-0.39, 0.29) is 31.1 Å². The monoisotopic (exact) mass is 1010 g/mol. The molecule has 72 heavy (non-hydrogen) atoms. The van der Waals surface area contributed by atoms with Crippen molar-refractivity contribution in [3.63, 3.8) is 0 Å². The molecule has 0 aromatic heterocycles. The van der Waals surface area contributed by atoms with E-state index in [1.807, 2.05) is 0 Å². The molecule has 6 nitrogen and oxygen atoms in total. The largest absolute Gasteiger partial charge is 0.462 e. The summed E-state index contributed by atoms with van der Waals surface area (Å²) in [6.45, 7) is 6.72. The first-order valence-electron chi connectivity index (χ1n) is 32.7. The topological polar surface area (TPSA) is 78.9 Å². The lowest BCUT2D eigenvalue weighted by Gasteiger charge is -2.18. The molecule has 0 bridgehead atoms. The highest BCUT2D eigenvalue weighted by Crippen LogP contribution is 2.18. The van der Waals surface area contributed by atoms with Gasteiger partial charge in [0.2, 0.25) is 0 Å². The molecule has 0 aromatic rings. The van der Waals surface area contributed by atoms with Gasteiger partial charge in [-0.3, -0.25) is 14.4 Å². The highest BCUT2D eigenvalue weighted by molar-refractivity contribution is 5.71. The number of esters is 3. The highest BCUT2D eigenvalue weighted by Gasteiger charge is 2.19. The van der Waals surface area contributed by atoms with Crippen molar-refractivity contribution >= 4 is 17.9 Å². The Balaban J connectivity index is 4.30. The minimum absolute atomic E-state index is 0.0645. The van der Waals surface area contributed by atoms with E-state index in [4.69, 9.17) is 14.2 Å². The molecule has 6 heteroatoms. The Hall–Kier alpha value is -1.85. The number of rotatable bonds is 61. The number of hydrogen-bond donors (Lipinski definition) is 0. The van der Waals surface area contributed by atoms with Gasteiger partial charge in [-0.15, -0.1) is 0 Å². The molecule has 0 radical (unpaired) electrons. The average Bonchev–Trinajstić information content (AvgIpc) is 3.38. The van der Waals surface area contributed by atoms with Gasteiger partial charge in [0.15, 0.2) is 6.10 Å². The first-order chi connectivity index (χ1) is 35.5. The number of carbonyl (C=O) groups excluding carboxylic acids is 3. The van der Waals surface area contributed by atoms with E-state index in [1.165, 1.54) is 276 Å². The fourth-order valence-electron chi connectivity index (χ4n) is 10.1. The first kappa shape index (κ1) is 70.1. The Morgan fingerprint density at radius 3 is 0.694 bits per heavy atom. The van der Waals surface area contributed by atoms with Crippen LogP contribution in [0.5, 0.6) is 0 Å². The molecule has 0 aromatic carbocycles. The Morgan fingerprint density at radius 2 is 0.458 bits per heavy atom. The van der Waals surface area contributed by atoms with Gasteiger partial charge in [0.05, 0.1) is 0 Å². The van der Waals surface area contributed by atoms with E-state index in [2.05, 4.69) is 32.9 Å². The second-order valence-corrected chi connectivity index (χ2v) is 22.4. The maximum Gasteiger partial charge on any atom is 0.306 e. The summed E-state index contributed by atoms with van der Waals surface area (Å²) < 4.78 is 17.0. The minimum Gasteiger partial charge on any atom is -0.462 e. The summed E-state index contributed by atoms with van der Waals surface area (Å²) in [7, 11) is 0.